The monoisotopic (exact) mass is 569 g/mol. The average Bonchev–Trinajstić information content (AvgIpc) is 3.04. The number of nitrogens with two attached hydrogens (primary N) is 1. The molecule has 0 aliphatic carbocycles. The lowest BCUT2D eigenvalue weighted by Gasteiger charge is -2.09. The van der Waals surface area contributed by atoms with E-state index >= 15 is 0 Å². The van der Waals surface area contributed by atoms with Crippen molar-refractivity contribution in [2.24, 2.45) is 5.73 Å². The Hall–Kier alpha value is -3.57. The molecule has 0 amide bonds. The molecular weight excluding hydrogens is 518 g/mol. The molecule has 1 aromatic heterocycles. The van der Waals surface area contributed by atoms with Gasteiger partial charge in [0.2, 0.25) is 0 Å². The highest BCUT2D eigenvalue weighted by Crippen LogP contribution is 2.21. The summed E-state index contributed by atoms with van der Waals surface area (Å²) in [7, 11) is 0. The van der Waals surface area contributed by atoms with Gasteiger partial charge in [-0.05, 0) is 68.6 Å². The van der Waals surface area contributed by atoms with Gasteiger partial charge in [0.15, 0.2) is 0 Å². The quantitative estimate of drug-likeness (QED) is 0.104. The van der Waals surface area contributed by atoms with Crippen LogP contribution >= 0.6 is 0 Å². The third-order valence-corrected chi connectivity index (χ3v) is 7.16. The lowest BCUT2D eigenvalue weighted by atomic mass is 10.1. The van der Waals surface area contributed by atoms with Gasteiger partial charge in [-0.3, -0.25) is 4.98 Å². The molecule has 0 fully saturated rings. The van der Waals surface area contributed by atoms with Crippen LogP contribution in [0.5, 0.6) is 11.5 Å². The van der Waals surface area contributed by atoms with Crippen molar-refractivity contribution in [2.75, 3.05) is 31.6 Å². The van der Waals surface area contributed by atoms with Crippen LogP contribution in [0.15, 0.2) is 97.2 Å². The van der Waals surface area contributed by atoms with Crippen LogP contribution in [-0.4, -0.2) is 31.3 Å². The summed E-state index contributed by atoms with van der Waals surface area (Å²) in [4.78, 5) is 4.40. The highest BCUT2D eigenvalue weighted by atomic mass is 16.5. The minimum Gasteiger partial charge on any atom is -0.494 e. The molecule has 4 rings (SSSR count). The molecule has 5 nitrogen and oxygen atoms in total. The molecule has 0 unspecified atom stereocenters. The van der Waals surface area contributed by atoms with Crippen LogP contribution in [0.4, 0.5) is 5.69 Å². The average molecular weight is 570 g/mol. The van der Waals surface area contributed by atoms with Crippen molar-refractivity contribution < 1.29 is 9.47 Å². The minimum atomic E-state index is 0.820. The van der Waals surface area contributed by atoms with Crippen molar-refractivity contribution in [3.05, 3.63) is 97.2 Å². The van der Waals surface area contributed by atoms with Gasteiger partial charge in [-0.25, -0.2) is 0 Å². The molecule has 3 aromatic carbocycles. The predicted octanol–water partition coefficient (Wildman–Crippen LogP) is 9.43. The number of hydrogen-bond acceptors (Lipinski definition) is 5. The van der Waals surface area contributed by atoms with Crippen LogP contribution in [-0.2, 0) is 0 Å². The highest BCUT2D eigenvalue weighted by molar-refractivity contribution is 5.90. The van der Waals surface area contributed by atoms with Crippen LogP contribution in [0.25, 0.3) is 10.9 Å². The summed E-state index contributed by atoms with van der Waals surface area (Å²) < 4.78 is 11.3. The summed E-state index contributed by atoms with van der Waals surface area (Å²) in [5.74, 6) is 1.95. The molecule has 0 atom stereocenters. The fourth-order valence-corrected chi connectivity index (χ4v) is 4.77. The van der Waals surface area contributed by atoms with Crippen LogP contribution in [0.3, 0.4) is 0 Å². The number of unbranched alkanes of at least 4 members (excludes halogenated alkanes) is 10. The van der Waals surface area contributed by atoms with Gasteiger partial charge in [-0.1, -0.05) is 106 Å². The van der Waals surface area contributed by atoms with Crippen molar-refractivity contribution in [2.45, 2.75) is 77.0 Å². The van der Waals surface area contributed by atoms with Crippen LogP contribution in [0.2, 0.25) is 0 Å². The van der Waals surface area contributed by atoms with Gasteiger partial charge in [0, 0.05) is 23.8 Å². The first-order valence-electron chi connectivity index (χ1n) is 16.0. The van der Waals surface area contributed by atoms with Gasteiger partial charge in [0.1, 0.15) is 11.5 Å². The van der Waals surface area contributed by atoms with E-state index in [1.807, 2.05) is 72.9 Å². The van der Waals surface area contributed by atoms with Crippen molar-refractivity contribution in [1.82, 2.24) is 4.98 Å². The van der Waals surface area contributed by atoms with Gasteiger partial charge < -0.3 is 20.5 Å². The Kier molecular flexibility index (Phi) is 17.3. The van der Waals surface area contributed by atoms with E-state index < -0.39 is 0 Å². The zero-order valence-corrected chi connectivity index (χ0v) is 25.4. The third-order valence-electron chi connectivity index (χ3n) is 7.16. The van der Waals surface area contributed by atoms with E-state index in [2.05, 4.69) is 34.6 Å². The van der Waals surface area contributed by atoms with E-state index in [0.717, 1.165) is 56.2 Å². The predicted molar refractivity (Wildman–Crippen MR) is 179 cm³/mol. The summed E-state index contributed by atoms with van der Waals surface area (Å²) in [5, 5.41) is 4.76. The fourth-order valence-electron chi connectivity index (χ4n) is 4.77. The SMILES string of the molecule is NCCCCCCCCOc1ccccc1.c1ccc(OCCCCCCCCNc2ccnc3ccccc23)cc1. The molecule has 226 valence electrons. The first-order valence-corrected chi connectivity index (χ1v) is 16.0. The van der Waals surface area contributed by atoms with E-state index in [0.29, 0.717) is 0 Å². The van der Waals surface area contributed by atoms with E-state index in [4.69, 9.17) is 15.2 Å². The number of ether oxygens (including phenoxy) is 2. The maximum Gasteiger partial charge on any atom is 0.119 e. The van der Waals surface area contributed by atoms with Gasteiger partial charge in [-0.15, -0.1) is 0 Å². The lowest BCUT2D eigenvalue weighted by Crippen LogP contribution is -2.02. The maximum absolute atomic E-state index is 5.72. The molecule has 0 bridgehead atoms. The molecule has 42 heavy (non-hydrogen) atoms. The largest absolute Gasteiger partial charge is 0.494 e. The molecule has 0 aliphatic heterocycles. The molecule has 0 saturated heterocycles. The number of nitrogens with zero attached hydrogens (tertiary/aromatic N) is 1. The molecule has 1 heterocycles. The van der Waals surface area contributed by atoms with Crippen molar-refractivity contribution >= 4 is 16.6 Å². The molecule has 0 radical (unpaired) electrons. The Balaban J connectivity index is 0.000000260. The van der Waals surface area contributed by atoms with E-state index in [9.17, 15) is 0 Å². The smallest absolute Gasteiger partial charge is 0.119 e. The normalized spacial score (nSPS) is 10.6. The van der Waals surface area contributed by atoms with E-state index in [-0.39, 0.29) is 0 Å². The molecule has 3 N–H and O–H groups in total. The van der Waals surface area contributed by atoms with E-state index in [1.54, 1.807) is 0 Å². The highest BCUT2D eigenvalue weighted by Gasteiger charge is 2.00. The summed E-state index contributed by atoms with van der Waals surface area (Å²) in [5.41, 5.74) is 7.68. The third kappa shape index (κ3) is 14.4. The molecule has 4 aromatic rings. The summed E-state index contributed by atoms with van der Waals surface area (Å²) in [6, 6.07) is 30.4. The summed E-state index contributed by atoms with van der Waals surface area (Å²) in [6.45, 7) is 3.50. The number of benzene rings is 3. The Labute approximate surface area is 253 Å². The van der Waals surface area contributed by atoms with E-state index in [1.165, 1.54) is 75.3 Å². The van der Waals surface area contributed by atoms with Crippen molar-refractivity contribution in [3.63, 3.8) is 0 Å². The Morgan fingerprint density at radius 3 is 1.62 bits per heavy atom. The van der Waals surface area contributed by atoms with Crippen LogP contribution in [0, 0.1) is 0 Å². The van der Waals surface area contributed by atoms with Crippen LogP contribution < -0.4 is 20.5 Å². The zero-order chi connectivity index (χ0) is 29.3. The first kappa shape index (κ1) is 32.9. The second-order valence-corrected chi connectivity index (χ2v) is 10.7. The van der Waals surface area contributed by atoms with Gasteiger partial charge in [-0.2, -0.15) is 0 Å². The Morgan fingerprint density at radius 2 is 1.02 bits per heavy atom. The fraction of sp³-hybridized carbons (Fsp3) is 0.432. The Morgan fingerprint density at radius 1 is 0.524 bits per heavy atom. The summed E-state index contributed by atoms with van der Waals surface area (Å²) >= 11 is 0. The number of pyridine rings is 1. The molecule has 0 saturated carbocycles. The van der Waals surface area contributed by atoms with Gasteiger partial charge in [0.25, 0.3) is 0 Å². The van der Waals surface area contributed by atoms with Crippen molar-refractivity contribution in [3.8, 4) is 11.5 Å². The number of hydrogen-bond donors (Lipinski definition) is 2. The first-order chi connectivity index (χ1) is 20.9. The Bertz CT molecular complexity index is 1180. The number of aromatic nitrogens is 1. The number of nitrogens with one attached hydrogen (secondary N) is 1. The van der Waals surface area contributed by atoms with Crippen LogP contribution in [0.1, 0.15) is 77.0 Å². The standard InChI is InChI=1S/C23H28N2O.C14H23NO/c1(2-4-11-19-26-20-12-6-5-7-13-20)3-10-17-24-23-16-18-25-22-15-9-8-14-21(22)23;15-12-8-3-1-2-4-9-13-16-14-10-6-5-7-11-14/h5-9,12-16,18H,1-4,10-11,17,19H2,(H,24,25);5-7,10-11H,1-4,8-9,12-13,15H2. The molecule has 5 heteroatoms. The maximum atomic E-state index is 5.72. The topological polar surface area (TPSA) is 69.4 Å². The summed E-state index contributed by atoms with van der Waals surface area (Å²) in [6.07, 6.45) is 16.8. The lowest BCUT2D eigenvalue weighted by molar-refractivity contribution is 0.304. The van der Waals surface area contributed by atoms with Gasteiger partial charge >= 0.3 is 0 Å². The zero-order valence-electron chi connectivity index (χ0n) is 25.4. The number of anilines is 1. The molecular formula is C37H51N3O2. The molecule has 0 aliphatic rings. The number of rotatable bonds is 20. The second-order valence-electron chi connectivity index (χ2n) is 10.7. The minimum absolute atomic E-state index is 0.820. The number of fused-ring (bicyclic) bond motifs is 1. The van der Waals surface area contributed by atoms with Crippen molar-refractivity contribution in [1.29, 1.82) is 0 Å². The number of para-hydroxylation sites is 3. The second kappa shape index (κ2) is 22.1. The van der Waals surface area contributed by atoms with Gasteiger partial charge in [0.05, 0.1) is 18.7 Å². The molecule has 0 spiro atoms.